The van der Waals surface area contributed by atoms with Gasteiger partial charge >= 0.3 is 0 Å². The van der Waals surface area contributed by atoms with Gasteiger partial charge in [0.05, 0.1) is 12.1 Å². The lowest BCUT2D eigenvalue weighted by Crippen LogP contribution is -2.49. The van der Waals surface area contributed by atoms with Crippen molar-refractivity contribution in [3.63, 3.8) is 0 Å². The maximum absolute atomic E-state index is 12.3. The first kappa shape index (κ1) is 18.4. The molecule has 4 nitrogen and oxygen atoms in total. The monoisotopic (exact) mass is 305 g/mol. The van der Waals surface area contributed by atoms with Crippen molar-refractivity contribution in [3.8, 4) is 0 Å². The number of hydrogen-bond acceptors (Lipinski definition) is 3. The second-order valence-corrected chi connectivity index (χ2v) is 5.85. The minimum atomic E-state index is -0.566. The number of carbonyl (C=O) groups is 1. The van der Waals surface area contributed by atoms with Gasteiger partial charge in [0.15, 0.2) is 0 Å². The molecular weight excluding hydrogens is 278 g/mol. The molecule has 1 atom stereocenters. The van der Waals surface area contributed by atoms with Crippen molar-refractivity contribution in [1.82, 2.24) is 5.32 Å². The molecule has 1 rings (SSSR count). The number of aryl methyl sites for hydroxylation is 1. The van der Waals surface area contributed by atoms with Crippen LogP contribution in [-0.4, -0.2) is 36.9 Å². The molecule has 1 aromatic rings. The highest BCUT2D eigenvalue weighted by Gasteiger charge is 2.25. The molecule has 0 aliphatic heterocycles. The smallest absolute Gasteiger partial charge is 0.244 e. The van der Waals surface area contributed by atoms with Crippen LogP contribution in [0.4, 0.5) is 0 Å². The van der Waals surface area contributed by atoms with Crippen molar-refractivity contribution in [2.45, 2.75) is 39.2 Å². The number of carbonyl (C=O) groups excluding carboxylic acids is 1. The van der Waals surface area contributed by atoms with Gasteiger partial charge in [0.25, 0.3) is 0 Å². The molecule has 122 valence electrons. The van der Waals surface area contributed by atoms with Crippen LogP contribution in [0, 0.1) is 6.92 Å². The Morgan fingerprint density at radius 2 is 2.00 bits per heavy atom. The minimum Gasteiger partial charge on any atom is -0.396 e. The van der Waals surface area contributed by atoms with Gasteiger partial charge in [-0.2, -0.15) is 0 Å². The second-order valence-electron chi connectivity index (χ2n) is 5.85. The Kier molecular flexibility index (Phi) is 7.28. The first-order valence-electron chi connectivity index (χ1n) is 7.63. The lowest BCUT2D eigenvalue weighted by atomic mass is 9.98. The predicted octanol–water partition coefficient (Wildman–Crippen LogP) is 2.69. The summed E-state index contributed by atoms with van der Waals surface area (Å²) in [6.45, 7) is 6.30. The number of aliphatic hydroxyl groups is 1. The normalized spacial score (nSPS) is 14.5. The SMILES string of the molecule is CC/C(=C/C(=O)NC(C)(CCO)COC)c1ccc(C)cc1. The third-order valence-electron chi connectivity index (χ3n) is 3.66. The van der Waals surface area contributed by atoms with E-state index < -0.39 is 5.54 Å². The van der Waals surface area contributed by atoms with E-state index in [2.05, 4.69) is 5.32 Å². The molecule has 0 heterocycles. The zero-order valence-electron chi connectivity index (χ0n) is 14.0. The van der Waals surface area contributed by atoms with E-state index in [0.29, 0.717) is 13.0 Å². The van der Waals surface area contributed by atoms with Gasteiger partial charge in [-0.3, -0.25) is 4.79 Å². The molecule has 4 heteroatoms. The van der Waals surface area contributed by atoms with Gasteiger partial charge in [0.2, 0.25) is 5.91 Å². The van der Waals surface area contributed by atoms with Crippen molar-refractivity contribution in [3.05, 3.63) is 41.5 Å². The number of methoxy groups -OCH3 is 1. The standard InChI is InChI=1S/C18H27NO3/c1-5-15(16-8-6-14(2)7-9-16)12-17(21)19-18(3,10-11-20)13-22-4/h6-9,12,20H,5,10-11,13H2,1-4H3,(H,19,21)/b15-12-. The van der Waals surface area contributed by atoms with Crippen LogP contribution in [0.2, 0.25) is 0 Å². The lowest BCUT2D eigenvalue weighted by molar-refractivity contribution is -0.119. The summed E-state index contributed by atoms with van der Waals surface area (Å²) in [5, 5.41) is 12.1. The number of rotatable bonds is 8. The Morgan fingerprint density at radius 1 is 1.36 bits per heavy atom. The van der Waals surface area contributed by atoms with E-state index in [1.54, 1.807) is 13.2 Å². The molecule has 1 aromatic carbocycles. The summed E-state index contributed by atoms with van der Waals surface area (Å²) >= 11 is 0. The van der Waals surface area contributed by atoms with Gasteiger partial charge in [-0.1, -0.05) is 36.8 Å². The van der Waals surface area contributed by atoms with Gasteiger partial charge in [-0.25, -0.2) is 0 Å². The van der Waals surface area contributed by atoms with Gasteiger partial charge in [-0.05, 0) is 37.8 Å². The largest absolute Gasteiger partial charge is 0.396 e. The molecule has 0 aromatic heterocycles. The minimum absolute atomic E-state index is 0.00243. The Bertz CT molecular complexity index is 500. The summed E-state index contributed by atoms with van der Waals surface area (Å²) in [7, 11) is 1.58. The molecule has 0 saturated heterocycles. The number of amides is 1. The fraction of sp³-hybridized carbons (Fsp3) is 0.500. The Balaban J connectivity index is 2.88. The number of nitrogens with one attached hydrogen (secondary N) is 1. The zero-order chi connectivity index (χ0) is 16.6. The number of aliphatic hydroxyl groups excluding tert-OH is 1. The van der Waals surface area contributed by atoms with E-state index in [9.17, 15) is 4.79 Å². The van der Waals surface area contributed by atoms with Crippen LogP contribution in [0.1, 0.15) is 37.8 Å². The summed E-state index contributed by atoms with van der Waals surface area (Å²) in [6, 6.07) is 8.13. The van der Waals surface area contributed by atoms with Crippen LogP contribution < -0.4 is 5.32 Å². The Hall–Kier alpha value is -1.65. The van der Waals surface area contributed by atoms with Gasteiger partial charge in [-0.15, -0.1) is 0 Å². The van der Waals surface area contributed by atoms with Crippen LogP contribution >= 0.6 is 0 Å². The summed E-state index contributed by atoms with van der Waals surface area (Å²) in [5.41, 5.74) is 2.67. The van der Waals surface area contributed by atoms with Gasteiger partial charge in [0.1, 0.15) is 0 Å². The molecule has 2 N–H and O–H groups in total. The van der Waals surface area contributed by atoms with Crippen LogP contribution in [0.15, 0.2) is 30.3 Å². The molecular formula is C18H27NO3. The fourth-order valence-corrected chi connectivity index (χ4v) is 2.39. The van der Waals surface area contributed by atoms with Crippen LogP contribution in [0.3, 0.4) is 0 Å². The molecule has 0 aliphatic rings. The molecule has 0 radical (unpaired) electrons. The number of benzene rings is 1. The van der Waals surface area contributed by atoms with Crippen molar-refractivity contribution < 1.29 is 14.6 Å². The summed E-state index contributed by atoms with van der Waals surface area (Å²) in [5.74, 6) is -0.162. The van der Waals surface area contributed by atoms with E-state index in [1.807, 2.05) is 45.0 Å². The summed E-state index contributed by atoms with van der Waals surface area (Å²) in [6.07, 6.45) is 2.86. The molecule has 1 unspecified atom stereocenters. The van der Waals surface area contributed by atoms with E-state index in [0.717, 1.165) is 17.6 Å². The second kappa shape index (κ2) is 8.71. The van der Waals surface area contributed by atoms with Crippen LogP contribution in [-0.2, 0) is 9.53 Å². The van der Waals surface area contributed by atoms with Crippen molar-refractivity contribution >= 4 is 11.5 Å². The van der Waals surface area contributed by atoms with Crippen LogP contribution in [0.25, 0.3) is 5.57 Å². The quantitative estimate of drug-likeness (QED) is 0.726. The lowest BCUT2D eigenvalue weighted by Gasteiger charge is -2.29. The van der Waals surface area contributed by atoms with Crippen LogP contribution in [0.5, 0.6) is 0 Å². The topological polar surface area (TPSA) is 58.6 Å². The number of ether oxygens (including phenoxy) is 1. The summed E-state index contributed by atoms with van der Waals surface area (Å²) in [4.78, 5) is 12.3. The maximum atomic E-state index is 12.3. The highest BCUT2D eigenvalue weighted by Crippen LogP contribution is 2.19. The Labute approximate surface area is 133 Å². The molecule has 0 bridgehead atoms. The highest BCUT2D eigenvalue weighted by atomic mass is 16.5. The summed E-state index contributed by atoms with van der Waals surface area (Å²) < 4.78 is 5.14. The van der Waals surface area contributed by atoms with Crippen molar-refractivity contribution in [2.24, 2.45) is 0 Å². The van der Waals surface area contributed by atoms with E-state index in [1.165, 1.54) is 5.56 Å². The Morgan fingerprint density at radius 3 is 2.50 bits per heavy atom. The van der Waals surface area contributed by atoms with Crippen molar-refractivity contribution in [1.29, 1.82) is 0 Å². The van der Waals surface area contributed by atoms with Gasteiger partial charge < -0.3 is 15.2 Å². The predicted molar refractivity (Wildman–Crippen MR) is 89.6 cm³/mol. The molecule has 0 fully saturated rings. The van der Waals surface area contributed by atoms with E-state index >= 15 is 0 Å². The highest BCUT2D eigenvalue weighted by molar-refractivity contribution is 5.95. The van der Waals surface area contributed by atoms with E-state index in [-0.39, 0.29) is 12.5 Å². The maximum Gasteiger partial charge on any atom is 0.244 e. The average molecular weight is 305 g/mol. The van der Waals surface area contributed by atoms with Gasteiger partial charge in [0, 0.05) is 19.8 Å². The number of allylic oxidation sites excluding steroid dienone is 1. The molecule has 0 saturated carbocycles. The third-order valence-corrected chi connectivity index (χ3v) is 3.66. The first-order chi connectivity index (χ1) is 10.4. The third kappa shape index (κ3) is 5.62. The first-order valence-corrected chi connectivity index (χ1v) is 7.63. The molecule has 1 amide bonds. The zero-order valence-corrected chi connectivity index (χ0v) is 14.0. The molecule has 0 spiro atoms. The number of hydrogen-bond donors (Lipinski definition) is 2. The molecule has 0 aliphatic carbocycles. The molecule has 22 heavy (non-hydrogen) atoms. The van der Waals surface area contributed by atoms with E-state index in [4.69, 9.17) is 9.84 Å². The fourth-order valence-electron chi connectivity index (χ4n) is 2.39. The van der Waals surface area contributed by atoms with Crippen molar-refractivity contribution in [2.75, 3.05) is 20.3 Å². The average Bonchev–Trinajstić information content (AvgIpc) is 2.46.